The zero-order valence-corrected chi connectivity index (χ0v) is 13.2. The summed E-state index contributed by atoms with van der Waals surface area (Å²) in [5, 5.41) is 4.94. The summed E-state index contributed by atoms with van der Waals surface area (Å²) in [5.41, 5.74) is 2.93. The molecule has 0 aromatic heterocycles. The third kappa shape index (κ3) is 3.59. The Morgan fingerprint density at radius 2 is 2.11 bits per heavy atom. The molecule has 2 heterocycles. The van der Waals surface area contributed by atoms with Crippen molar-refractivity contribution in [2.24, 2.45) is 0 Å². The normalized spacial score (nSPS) is 22.5. The molecule has 2 aliphatic heterocycles. The Hall–Kier alpha value is 0.0700. The Balaban J connectivity index is 0.00000133. The molecule has 2 aliphatic rings. The van der Waals surface area contributed by atoms with Crippen LogP contribution in [0.15, 0.2) is 17.0 Å². The van der Waals surface area contributed by atoms with Gasteiger partial charge < -0.3 is 10.1 Å². The maximum absolute atomic E-state index is 6.41. The lowest BCUT2D eigenvalue weighted by Gasteiger charge is -2.16. The smallest absolute Gasteiger partial charge is 0.0589 e. The second kappa shape index (κ2) is 7.19. The molecule has 3 rings (SSSR count). The predicted molar refractivity (Wildman–Crippen MR) is 84.1 cm³/mol. The van der Waals surface area contributed by atoms with Gasteiger partial charge in [-0.25, -0.2) is 0 Å². The zero-order chi connectivity index (χ0) is 12.4. The first-order chi connectivity index (χ1) is 8.84. The van der Waals surface area contributed by atoms with Crippen LogP contribution in [-0.2, 0) is 17.6 Å². The number of hydrogen-bond donors (Lipinski definition) is 1. The van der Waals surface area contributed by atoms with E-state index in [0.717, 1.165) is 50.6 Å². The van der Waals surface area contributed by atoms with Crippen molar-refractivity contribution >= 4 is 35.8 Å². The van der Waals surface area contributed by atoms with Gasteiger partial charge in [-0.2, -0.15) is 0 Å². The molecule has 1 aromatic rings. The van der Waals surface area contributed by atoms with Crippen LogP contribution in [0.2, 0.25) is 5.02 Å². The fraction of sp³-hybridized carbons (Fsp3) is 0.571. The average Bonchev–Trinajstić information content (AvgIpc) is 2.76. The van der Waals surface area contributed by atoms with Crippen molar-refractivity contribution in [2.45, 2.75) is 29.4 Å². The van der Waals surface area contributed by atoms with Crippen molar-refractivity contribution in [2.75, 3.05) is 26.3 Å². The summed E-state index contributed by atoms with van der Waals surface area (Å²) in [5.74, 6) is 0. The number of rotatable bonds is 2. The summed E-state index contributed by atoms with van der Waals surface area (Å²) in [6.45, 7) is 3.89. The minimum atomic E-state index is 0. The van der Waals surface area contributed by atoms with Crippen molar-refractivity contribution in [1.82, 2.24) is 5.32 Å². The van der Waals surface area contributed by atoms with Crippen LogP contribution in [0.1, 0.15) is 17.5 Å². The molecule has 0 aliphatic carbocycles. The SMILES string of the molecule is Cl.Clc1ccc2c(c1S[C@H]1CCOC1)CCNCC2. The lowest BCUT2D eigenvalue weighted by molar-refractivity contribution is 0.199. The van der Waals surface area contributed by atoms with E-state index < -0.39 is 0 Å². The van der Waals surface area contributed by atoms with Gasteiger partial charge >= 0.3 is 0 Å². The molecular weight excluding hydrogens is 301 g/mol. The Labute approximate surface area is 130 Å². The quantitative estimate of drug-likeness (QED) is 0.903. The molecule has 1 saturated heterocycles. The van der Waals surface area contributed by atoms with Crippen LogP contribution in [0.5, 0.6) is 0 Å². The van der Waals surface area contributed by atoms with Gasteiger partial charge in [0.25, 0.3) is 0 Å². The van der Waals surface area contributed by atoms with Crippen LogP contribution in [0.4, 0.5) is 0 Å². The van der Waals surface area contributed by atoms with E-state index in [4.69, 9.17) is 16.3 Å². The van der Waals surface area contributed by atoms with Gasteiger partial charge in [-0.3, -0.25) is 0 Å². The Morgan fingerprint density at radius 3 is 2.89 bits per heavy atom. The van der Waals surface area contributed by atoms with Crippen LogP contribution in [0.3, 0.4) is 0 Å². The van der Waals surface area contributed by atoms with Gasteiger partial charge in [0.2, 0.25) is 0 Å². The Kier molecular flexibility index (Phi) is 5.85. The Bertz CT molecular complexity index is 436. The van der Waals surface area contributed by atoms with E-state index in [1.165, 1.54) is 16.0 Å². The highest BCUT2D eigenvalue weighted by atomic mass is 35.5. The second-order valence-electron chi connectivity index (χ2n) is 4.87. The predicted octanol–water partition coefficient (Wildman–Crippen LogP) is 3.33. The monoisotopic (exact) mass is 319 g/mol. The van der Waals surface area contributed by atoms with Crippen LogP contribution < -0.4 is 5.32 Å². The minimum absolute atomic E-state index is 0. The highest BCUT2D eigenvalue weighted by Crippen LogP contribution is 2.38. The van der Waals surface area contributed by atoms with Gasteiger partial charge in [0.15, 0.2) is 0 Å². The number of benzene rings is 1. The standard InChI is InChI=1S/C14H18ClNOS.ClH/c15-13-2-1-10-3-6-16-7-4-12(10)14(13)18-11-5-8-17-9-11;/h1-2,11,16H,3-9H2;1H/t11-;/m0./s1. The molecule has 2 nitrogen and oxygen atoms in total. The van der Waals surface area contributed by atoms with Gasteiger partial charge in [0.05, 0.1) is 11.6 Å². The van der Waals surface area contributed by atoms with Gasteiger partial charge in [-0.05, 0) is 49.5 Å². The third-order valence-electron chi connectivity index (χ3n) is 3.60. The van der Waals surface area contributed by atoms with Gasteiger partial charge in [0.1, 0.15) is 0 Å². The van der Waals surface area contributed by atoms with Crippen molar-refractivity contribution in [3.63, 3.8) is 0 Å². The summed E-state index contributed by atoms with van der Waals surface area (Å²) in [7, 11) is 0. The summed E-state index contributed by atoms with van der Waals surface area (Å²) in [6.07, 6.45) is 3.34. The molecule has 0 amide bonds. The van der Waals surface area contributed by atoms with Gasteiger partial charge in [-0.1, -0.05) is 17.7 Å². The number of thioether (sulfide) groups is 1. The molecule has 0 saturated carbocycles. The maximum Gasteiger partial charge on any atom is 0.0589 e. The van der Waals surface area contributed by atoms with E-state index in [-0.39, 0.29) is 12.4 Å². The van der Waals surface area contributed by atoms with Crippen LogP contribution in [0.25, 0.3) is 0 Å². The zero-order valence-electron chi connectivity index (χ0n) is 10.8. The third-order valence-corrected chi connectivity index (χ3v) is 5.44. The highest BCUT2D eigenvalue weighted by molar-refractivity contribution is 8.00. The first-order valence-electron chi connectivity index (χ1n) is 6.60. The molecule has 0 bridgehead atoms. The van der Waals surface area contributed by atoms with Crippen molar-refractivity contribution < 1.29 is 4.74 Å². The first-order valence-corrected chi connectivity index (χ1v) is 7.86. The summed E-state index contributed by atoms with van der Waals surface area (Å²) in [4.78, 5) is 1.30. The van der Waals surface area contributed by atoms with Gasteiger partial charge in [0, 0.05) is 16.8 Å². The van der Waals surface area contributed by atoms with Crippen molar-refractivity contribution in [3.8, 4) is 0 Å². The average molecular weight is 320 g/mol. The van der Waals surface area contributed by atoms with Crippen LogP contribution in [0, 0.1) is 0 Å². The molecule has 1 N–H and O–H groups in total. The lowest BCUT2D eigenvalue weighted by Crippen LogP contribution is -2.16. The van der Waals surface area contributed by atoms with E-state index in [2.05, 4.69) is 17.4 Å². The molecule has 1 aromatic carbocycles. The molecule has 106 valence electrons. The molecule has 0 unspecified atom stereocenters. The fourth-order valence-corrected chi connectivity index (χ4v) is 4.19. The van der Waals surface area contributed by atoms with E-state index >= 15 is 0 Å². The Morgan fingerprint density at radius 1 is 1.26 bits per heavy atom. The fourth-order valence-electron chi connectivity index (χ4n) is 2.61. The molecule has 19 heavy (non-hydrogen) atoms. The lowest BCUT2D eigenvalue weighted by atomic mass is 10.0. The summed E-state index contributed by atoms with van der Waals surface area (Å²) < 4.78 is 5.46. The molecule has 1 atom stereocenters. The highest BCUT2D eigenvalue weighted by Gasteiger charge is 2.22. The molecule has 1 fully saturated rings. The molecule has 5 heteroatoms. The number of halogens is 2. The molecule has 0 spiro atoms. The van der Waals surface area contributed by atoms with E-state index in [1.807, 2.05) is 11.8 Å². The maximum atomic E-state index is 6.41. The van der Waals surface area contributed by atoms with E-state index in [1.54, 1.807) is 0 Å². The van der Waals surface area contributed by atoms with E-state index in [9.17, 15) is 0 Å². The number of nitrogens with one attached hydrogen (secondary N) is 1. The number of fused-ring (bicyclic) bond motifs is 1. The van der Waals surface area contributed by atoms with Crippen molar-refractivity contribution in [1.29, 1.82) is 0 Å². The molecule has 0 radical (unpaired) electrons. The largest absolute Gasteiger partial charge is 0.380 e. The van der Waals surface area contributed by atoms with Crippen LogP contribution >= 0.6 is 35.8 Å². The summed E-state index contributed by atoms with van der Waals surface area (Å²) in [6, 6.07) is 4.25. The van der Waals surface area contributed by atoms with Gasteiger partial charge in [-0.15, -0.1) is 24.2 Å². The van der Waals surface area contributed by atoms with Crippen molar-refractivity contribution in [3.05, 3.63) is 28.3 Å². The number of hydrogen-bond acceptors (Lipinski definition) is 3. The number of ether oxygens (including phenoxy) is 1. The first kappa shape index (κ1) is 15.5. The topological polar surface area (TPSA) is 21.3 Å². The van der Waals surface area contributed by atoms with Crippen LogP contribution in [-0.4, -0.2) is 31.6 Å². The molecular formula is C14H19Cl2NOS. The van der Waals surface area contributed by atoms with E-state index in [0.29, 0.717) is 5.25 Å². The minimum Gasteiger partial charge on any atom is -0.380 e. The second-order valence-corrected chi connectivity index (χ2v) is 6.59. The summed E-state index contributed by atoms with van der Waals surface area (Å²) >= 11 is 8.33.